The summed E-state index contributed by atoms with van der Waals surface area (Å²) in [5.41, 5.74) is 0.0687. The van der Waals surface area contributed by atoms with E-state index in [4.69, 9.17) is 19.3 Å². The van der Waals surface area contributed by atoms with Crippen LogP contribution in [-0.2, 0) is 4.79 Å². The average Bonchev–Trinajstić information content (AvgIpc) is 2.71. The second kappa shape index (κ2) is 9.31. The summed E-state index contributed by atoms with van der Waals surface area (Å²) >= 11 is 0. The molecule has 0 saturated heterocycles. The molecule has 0 aliphatic rings. The quantitative estimate of drug-likeness (QED) is 0.485. The monoisotopic (exact) mass is 404 g/mol. The predicted molar refractivity (Wildman–Crippen MR) is 102 cm³/mol. The molecule has 0 fully saturated rings. The van der Waals surface area contributed by atoms with Crippen LogP contribution in [0.3, 0.4) is 0 Å². The first-order valence-electron chi connectivity index (χ1n) is 8.25. The van der Waals surface area contributed by atoms with Crippen LogP contribution in [0.1, 0.15) is 20.7 Å². The van der Waals surface area contributed by atoms with Crippen molar-refractivity contribution in [3.8, 4) is 23.0 Å². The Hall–Kier alpha value is -3.95. The molecule has 2 aromatic carbocycles. The highest BCUT2D eigenvalue weighted by molar-refractivity contribution is 6.00. The number of carbonyl (C=O) groups is 3. The molecule has 10 nitrogen and oxygen atoms in total. The van der Waals surface area contributed by atoms with E-state index >= 15 is 0 Å². The van der Waals surface area contributed by atoms with E-state index in [-0.39, 0.29) is 28.3 Å². The smallest absolute Gasteiger partial charge is 0.335 e. The largest absolute Gasteiger partial charge is 0.506 e. The summed E-state index contributed by atoms with van der Waals surface area (Å²) in [5.74, 6) is -1.92. The minimum absolute atomic E-state index is 0.0158. The summed E-state index contributed by atoms with van der Waals surface area (Å²) in [6.45, 7) is -0.393. The third kappa shape index (κ3) is 5.06. The van der Waals surface area contributed by atoms with Gasteiger partial charge in [-0.15, -0.1) is 0 Å². The molecular weight excluding hydrogens is 384 g/mol. The van der Waals surface area contributed by atoms with E-state index in [1.54, 1.807) is 0 Å². The summed E-state index contributed by atoms with van der Waals surface area (Å²) in [4.78, 5) is 35.3. The lowest BCUT2D eigenvalue weighted by molar-refractivity contribution is -0.115. The second-order valence-electron chi connectivity index (χ2n) is 5.68. The van der Waals surface area contributed by atoms with Crippen molar-refractivity contribution >= 4 is 23.5 Å². The van der Waals surface area contributed by atoms with Gasteiger partial charge in [-0.05, 0) is 30.3 Å². The Morgan fingerprint density at radius 3 is 2.03 bits per heavy atom. The van der Waals surface area contributed by atoms with E-state index in [0.717, 1.165) is 6.07 Å². The number of methoxy groups -OCH3 is 3. The van der Waals surface area contributed by atoms with Crippen molar-refractivity contribution in [2.75, 3.05) is 33.2 Å². The van der Waals surface area contributed by atoms with Crippen molar-refractivity contribution in [1.29, 1.82) is 0 Å². The minimum atomic E-state index is -1.21. The zero-order valence-corrected chi connectivity index (χ0v) is 15.9. The Kier molecular flexibility index (Phi) is 6.85. The molecule has 0 atom stereocenters. The number of nitrogens with one attached hydrogen (secondary N) is 2. The van der Waals surface area contributed by atoms with Gasteiger partial charge in [-0.1, -0.05) is 0 Å². The highest BCUT2D eigenvalue weighted by Crippen LogP contribution is 2.38. The number of ether oxygens (including phenoxy) is 3. The number of phenols is 1. The Balaban J connectivity index is 2.05. The molecule has 0 bridgehead atoms. The molecule has 0 unspecified atom stereocenters. The van der Waals surface area contributed by atoms with Crippen LogP contribution in [0.5, 0.6) is 23.0 Å². The molecule has 0 aliphatic carbocycles. The molecule has 0 heterocycles. The number of benzene rings is 2. The summed E-state index contributed by atoms with van der Waals surface area (Å²) in [6.07, 6.45) is 0. The van der Waals surface area contributed by atoms with Gasteiger partial charge in [0.05, 0.1) is 39.1 Å². The van der Waals surface area contributed by atoms with E-state index in [2.05, 4.69) is 10.6 Å². The minimum Gasteiger partial charge on any atom is -0.506 e. The van der Waals surface area contributed by atoms with Gasteiger partial charge in [-0.25, -0.2) is 4.79 Å². The second-order valence-corrected chi connectivity index (χ2v) is 5.68. The molecule has 2 rings (SSSR count). The highest BCUT2D eigenvalue weighted by atomic mass is 16.5. The Morgan fingerprint density at radius 1 is 0.931 bits per heavy atom. The zero-order valence-electron chi connectivity index (χ0n) is 15.9. The number of anilines is 1. The number of aromatic hydroxyl groups is 1. The van der Waals surface area contributed by atoms with E-state index in [0.29, 0.717) is 5.75 Å². The van der Waals surface area contributed by atoms with Crippen LogP contribution in [-0.4, -0.2) is 55.9 Å². The molecule has 29 heavy (non-hydrogen) atoms. The number of rotatable bonds is 8. The highest BCUT2D eigenvalue weighted by Gasteiger charge is 2.18. The molecule has 0 aromatic heterocycles. The van der Waals surface area contributed by atoms with Crippen molar-refractivity contribution in [2.24, 2.45) is 0 Å². The predicted octanol–water partition coefficient (Wildman–Crippen LogP) is 1.48. The van der Waals surface area contributed by atoms with Crippen LogP contribution in [0.2, 0.25) is 0 Å². The van der Waals surface area contributed by atoms with Gasteiger partial charge in [-0.2, -0.15) is 0 Å². The summed E-state index contributed by atoms with van der Waals surface area (Å²) < 4.78 is 15.5. The first-order chi connectivity index (χ1) is 13.8. The number of phenolic OH excluding ortho intramolecular Hbond substituents is 1. The van der Waals surface area contributed by atoms with Gasteiger partial charge >= 0.3 is 5.97 Å². The van der Waals surface area contributed by atoms with Gasteiger partial charge in [-0.3, -0.25) is 9.59 Å². The Bertz CT molecular complexity index is 917. The van der Waals surface area contributed by atoms with Gasteiger partial charge in [0.2, 0.25) is 11.7 Å². The molecule has 10 heteroatoms. The SMILES string of the molecule is COc1cc(C(=O)NCC(=O)Nc2ccc(C(=O)O)cc2O)cc(OC)c1OC. The normalized spacial score (nSPS) is 10.0. The number of hydrogen-bond donors (Lipinski definition) is 4. The van der Waals surface area contributed by atoms with Crippen LogP contribution >= 0.6 is 0 Å². The van der Waals surface area contributed by atoms with Crippen molar-refractivity contribution < 1.29 is 38.8 Å². The molecule has 0 aliphatic heterocycles. The first kappa shape index (κ1) is 21.4. The molecule has 2 aromatic rings. The third-order valence-electron chi connectivity index (χ3n) is 3.86. The number of amides is 2. The standard InChI is InChI=1S/C19H20N2O8/c1-27-14-7-11(8-15(28-2)17(14)29-3)18(24)20-9-16(23)21-12-5-4-10(19(25)26)6-13(12)22/h4-8,22H,9H2,1-3H3,(H,20,24)(H,21,23)(H,25,26). The van der Waals surface area contributed by atoms with E-state index in [9.17, 15) is 19.5 Å². The van der Waals surface area contributed by atoms with Crippen LogP contribution in [0.15, 0.2) is 30.3 Å². The molecule has 154 valence electrons. The lowest BCUT2D eigenvalue weighted by atomic mass is 10.1. The molecule has 2 amide bonds. The van der Waals surface area contributed by atoms with Gasteiger partial charge in [0.1, 0.15) is 5.75 Å². The summed E-state index contributed by atoms with van der Waals surface area (Å²) in [5, 5.41) is 23.5. The topological polar surface area (TPSA) is 143 Å². The van der Waals surface area contributed by atoms with Crippen LogP contribution in [0.25, 0.3) is 0 Å². The van der Waals surface area contributed by atoms with E-state index in [1.807, 2.05) is 0 Å². The fraction of sp³-hybridized carbons (Fsp3) is 0.211. The fourth-order valence-corrected chi connectivity index (χ4v) is 2.44. The number of carbonyl (C=O) groups excluding carboxylic acids is 2. The molecule has 0 spiro atoms. The van der Waals surface area contributed by atoms with Crippen LogP contribution in [0.4, 0.5) is 5.69 Å². The molecular formula is C19H20N2O8. The van der Waals surface area contributed by atoms with Crippen molar-refractivity contribution in [2.45, 2.75) is 0 Å². The maximum absolute atomic E-state index is 12.4. The van der Waals surface area contributed by atoms with Gasteiger partial charge in [0, 0.05) is 5.56 Å². The van der Waals surface area contributed by atoms with Gasteiger partial charge < -0.3 is 35.1 Å². The maximum Gasteiger partial charge on any atom is 0.335 e. The van der Waals surface area contributed by atoms with E-state index in [1.165, 1.54) is 45.6 Å². The molecule has 4 N–H and O–H groups in total. The number of hydrogen-bond acceptors (Lipinski definition) is 7. The third-order valence-corrected chi connectivity index (χ3v) is 3.86. The van der Waals surface area contributed by atoms with Crippen LogP contribution < -0.4 is 24.8 Å². The molecule has 0 radical (unpaired) electrons. The van der Waals surface area contributed by atoms with Crippen LogP contribution in [0, 0.1) is 0 Å². The van der Waals surface area contributed by atoms with Crippen molar-refractivity contribution in [1.82, 2.24) is 5.32 Å². The molecule has 0 saturated carbocycles. The van der Waals surface area contributed by atoms with Crippen molar-refractivity contribution in [3.63, 3.8) is 0 Å². The first-order valence-corrected chi connectivity index (χ1v) is 8.25. The maximum atomic E-state index is 12.4. The van der Waals surface area contributed by atoms with Gasteiger partial charge in [0.15, 0.2) is 11.5 Å². The zero-order chi connectivity index (χ0) is 21.6. The number of aromatic carboxylic acids is 1. The van der Waals surface area contributed by atoms with Crippen molar-refractivity contribution in [3.05, 3.63) is 41.5 Å². The average molecular weight is 404 g/mol. The summed E-state index contributed by atoms with van der Waals surface area (Å²) in [7, 11) is 4.26. The fourth-order valence-electron chi connectivity index (χ4n) is 2.44. The lowest BCUT2D eigenvalue weighted by Gasteiger charge is -2.14. The Morgan fingerprint density at radius 2 is 1.55 bits per heavy atom. The number of carboxylic acid groups (broad SMARTS) is 1. The van der Waals surface area contributed by atoms with Gasteiger partial charge in [0.25, 0.3) is 5.91 Å². The summed E-state index contributed by atoms with van der Waals surface area (Å²) in [6, 6.07) is 6.35. The Labute approximate surface area is 166 Å². The lowest BCUT2D eigenvalue weighted by Crippen LogP contribution is -2.32. The van der Waals surface area contributed by atoms with E-state index < -0.39 is 30.1 Å². The number of carboxylic acids is 1.